The molecule has 0 spiro atoms. The third-order valence-corrected chi connectivity index (χ3v) is 7.64. The first kappa shape index (κ1) is 23.5. The molecular weight excluding hydrogens is 457 g/mol. The molecule has 3 aromatic rings. The van der Waals surface area contributed by atoms with Crippen molar-refractivity contribution in [2.45, 2.75) is 36.5 Å². The molecule has 1 aliphatic heterocycles. The third-order valence-electron chi connectivity index (χ3n) is 6.12. The summed E-state index contributed by atoms with van der Waals surface area (Å²) in [5.41, 5.74) is 0.840. The van der Waals surface area contributed by atoms with Gasteiger partial charge < -0.3 is 0 Å². The second kappa shape index (κ2) is 8.62. The van der Waals surface area contributed by atoms with Crippen molar-refractivity contribution in [2.75, 3.05) is 13.1 Å². The van der Waals surface area contributed by atoms with Crippen molar-refractivity contribution in [3.05, 3.63) is 64.1 Å². The topological polar surface area (TPSA) is 76.3 Å². The number of nitrogens with one attached hydrogen (secondary N) is 1. The zero-order chi connectivity index (χ0) is 24.0. The molecule has 0 aliphatic carbocycles. The zero-order valence-electron chi connectivity index (χ0n) is 18.3. The number of aryl methyl sites for hydroxylation is 2. The minimum atomic E-state index is -4.38. The van der Waals surface area contributed by atoms with E-state index in [-0.39, 0.29) is 16.6 Å². The van der Waals surface area contributed by atoms with E-state index in [9.17, 15) is 26.4 Å². The first-order valence-electron chi connectivity index (χ1n) is 10.5. The van der Waals surface area contributed by atoms with Crippen molar-refractivity contribution in [3.63, 3.8) is 0 Å². The van der Waals surface area contributed by atoms with E-state index in [1.54, 1.807) is 26.2 Å². The molecule has 1 fully saturated rings. The van der Waals surface area contributed by atoms with Crippen LogP contribution >= 0.6 is 0 Å². The number of alkyl halides is 3. The molecule has 2 heterocycles. The fraction of sp³-hybridized carbons (Fsp3) is 0.409. The molecule has 0 unspecified atom stereocenters. The van der Waals surface area contributed by atoms with Crippen molar-refractivity contribution in [2.24, 2.45) is 14.1 Å². The highest BCUT2D eigenvalue weighted by molar-refractivity contribution is 7.89. The number of fused-ring (bicyclic) bond motifs is 1. The van der Waals surface area contributed by atoms with Crippen molar-refractivity contribution >= 4 is 21.1 Å². The fourth-order valence-corrected chi connectivity index (χ4v) is 5.58. The highest BCUT2D eigenvalue weighted by atomic mass is 32.2. The van der Waals surface area contributed by atoms with Gasteiger partial charge in [-0.15, -0.1) is 0 Å². The summed E-state index contributed by atoms with van der Waals surface area (Å²) in [6, 6.07) is 9.58. The first-order valence-corrected chi connectivity index (χ1v) is 12.0. The van der Waals surface area contributed by atoms with Crippen LogP contribution in [0.15, 0.2) is 52.2 Å². The number of nitrogens with zero attached hydrogens (tertiary/aromatic N) is 3. The lowest BCUT2D eigenvalue weighted by Gasteiger charge is -2.32. The van der Waals surface area contributed by atoms with Gasteiger partial charge >= 0.3 is 11.9 Å². The average molecular weight is 483 g/mol. The highest BCUT2D eigenvalue weighted by Gasteiger charge is 2.31. The number of hydrogen-bond donors (Lipinski definition) is 1. The van der Waals surface area contributed by atoms with E-state index in [1.807, 2.05) is 4.90 Å². The number of likely N-dealkylation sites (tertiary alicyclic amines) is 1. The number of rotatable bonds is 5. The summed E-state index contributed by atoms with van der Waals surface area (Å²) in [5.74, 6) is 0. The van der Waals surface area contributed by atoms with Crippen molar-refractivity contribution in [1.29, 1.82) is 0 Å². The Bertz CT molecular complexity index is 1340. The minimum absolute atomic E-state index is 0.0857. The van der Waals surface area contributed by atoms with Crippen LogP contribution in [0.5, 0.6) is 0 Å². The number of benzene rings is 2. The molecule has 0 saturated carbocycles. The molecule has 0 atom stereocenters. The van der Waals surface area contributed by atoms with Gasteiger partial charge in [-0.2, -0.15) is 13.2 Å². The second-order valence-electron chi connectivity index (χ2n) is 8.42. The van der Waals surface area contributed by atoms with Crippen LogP contribution in [0.2, 0.25) is 0 Å². The lowest BCUT2D eigenvalue weighted by Crippen LogP contribution is -2.44. The third kappa shape index (κ3) is 4.85. The maximum Gasteiger partial charge on any atom is 0.416 e. The predicted octanol–water partition coefficient (Wildman–Crippen LogP) is 2.84. The van der Waals surface area contributed by atoms with Crippen LogP contribution in [0, 0.1) is 0 Å². The van der Waals surface area contributed by atoms with Crippen molar-refractivity contribution in [3.8, 4) is 0 Å². The van der Waals surface area contributed by atoms with Crippen LogP contribution in [-0.2, 0) is 36.8 Å². The lowest BCUT2D eigenvalue weighted by molar-refractivity contribution is -0.137. The highest BCUT2D eigenvalue weighted by Crippen LogP contribution is 2.30. The Morgan fingerprint density at radius 3 is 2.33 bits per heavy atom. The molecule has 1 aliphatic rings. The van der Waals surface area contributed by atoms with E-state index in [4.69, 9.17) is 0 Å². The van der Waals surface area contributed by atoms with Gasteiger partial charge in [-0.25, -0.2) is 17.9 Å². The summed E-state index contributed by atoms with van der Waals surface area (Å²) in [5, 5.41) is 0. The summed E-state index contributed by atoms with van der Waals surface area (Å²) in [4.78, 5) is 14.2. The summed E-state index contributed by atoms with van der Waals surface area (Å²) in [7, 11) is -0.567. The van der Waals surface area contributed by atoms with Crippen LogP contribution in [0.1, 0.15) is 24.0 Å². The van der Waals surface area contributed by atoms with Gasteiger partial charge in [-0.05, 0) is 42.7 Å². The Balaban J connectivity index is 1.40. The molecule has 178 valence electrons. The number of halogens is 3. The second-order valence-corrected chi connectivity index (χ2v) is 10.1. The number of aromatic nitrogens is 2. The van der Waals surface area contributed by atoms with E-state index >= 15 is 0 Å². The monoisotopic (exact) mass is 482 g/mol. The number of imidazole rings is 1. The largest absolute Gasteiger partial charge is 0.416 e. The normalized spacial score (nSPS) is 16.5. The van der Waals surface area contributed by atoms with E-state index in [0.717, 1.165) is 12.1 Å². The molecule has 2 aromatic carbocycles. The number of hydrogen-bond acceptors (Lipinski definition) is 4. The van der Waals surface area contributed by atoms with Gasteiger partial charge in [0.05, 0.1) is 21.5 Å². The molecule has 1 aromatic heterocycles. The summed E-state index contributed by atoms with van der Waals surface area (Å²) < 4.78 is 70.2. The van der Waals surface area contributed by atoms with E-state index in [0.29, 0.717) is 49.1 Å². The maximum atomic E-state index is 12.9. The standard InChI is InChI=1S/C22H25F3N4O3S/c1-27-19-7-6-18(13-20(19)28(2)21(27)30)33(31,32)26-17-8-10-29(11-9-17)14-15-4-3-5-16(12-15)22(23,24)25/h3-7,12-13,17,26H,8-11,14H2,1-2H3. The van der Waals surface area contributed by atoms with E-state index in [1.165, 1.54) is 27.3 Å². The van der Waals surface area contributed by atoms with Crippen molar-refractivity contribution < 1.29 is 21.6 Å². The zero-order valence-corrected chi connectivity index (χ0v) is 19.1. The summed E-state index contributed by atoms with van der Waals surface area (Å²) in [6.45, 7) is 1.51. The van der Waals surface area contributed by atoms with Gasteiger partial charge in [0.2, 0.25) is 10.0 Å². The van der Waals surface area contributed by atoms with Gasteiger partial charge in [-0.1, -0.05) is 18.2 Å². The minimum Gasteiger partial charge on any atom is -0.299 e. The summed E-state index contributed by atoms with van der Waals surface area (Å²) >= 11 is 0. The molecule has 33 heavy (non-hydrogen) atoms. The fourth-order valence-electron chi connectivity index (χ4n) is 4.25. The van der Waals surface area contributed by atoms with Crippen LogP contribution in [0.4, 0.5) is 13.2 Å². The molecule has 0 radical (unpaired) electrons. The molecule has 11 heteroatoms. The molecule has 4 rings (SSSR count). The Labute approximate surface area is 189 Å². The number of piperidine rings is 1. The Morgan fingerprint density at radius 1 is 1.00 bits per heavy atom. The van der Waals surface area contributed by atoms with E-state index < -0.39 is 21.8 Å². The Morgan fingerprint density at radius 2 is 1.67 bits per heavy atom. The van der Waals surface area contributed by atoms with Gasteiger partial charge in [0.25, 0.3) is 0 Å². The first-order chi connectivity index (χ1) is 15.5. The smallest absolute Gasteiger partial charge is 0.299 e. The Kier molecular flexibility index (Phi) is 6.14. The van der Waals surface area contributed by atoms with Gasteiger partial charge in [0.15, 0.2) is 0 Å². The van der Waals surface area contributed by atoms with E-state index in [2.05, 4.69) is 4.72 Å². The lowest BCUT2D eigenvalue weighted by atomic mass is 10.0. The van der Waals surface area contributed by atoms with Gasteiger partial charge in [0, 0.05) is 39.8 Å². The van der Waals surface area contributed by atoms with Crippen LogP contribution in [0.25, 0.3) is 11.0 Å². The predicted molar refractivity (Wildman–Crippen MR) is 118 cm³/mol. The Hall–Kier alpha value is -2.63. The average Bonchev–Trinajstić information content (AvgIpc) is 2.98. The van der Waals surface area contributed by atoms with Crippen LogP contribution < -0.4 is 10.4 Å². The van der Waals surface area contributed by atoms with Crippen LogP contribution in [0.3, 0.4) is 0 Å². The quantitative estimate of drug-likeness (QED) is 0.607. The molecule has 0 bridgehead atoms. The SMILES string of the molecule is Cn1c(=O)n(C)c2cc(S(=O)(=O)NC3CCN(Cc4cccc(C(F)(F)F)c4)CC3)ccc21. The molecule has 1 saturated heterocycles. The molecule has 0 amide bonds. The van der Waals surface area contributed by atoms with Gasteiger partial charge in [-0.3, -0.25) is 14.0 Å². The van der Waals surface area contributed by atoms with Gasteiger partial charge in [0.1, 0.15) is 0 Å². The molecule has 7 nitrogen and oxygen atoms in total. The maximum absolute atomic E-state index is 12.9. The summed E-state index contributed by atoms with van der Waals surface area (Å²) in [6.07, 6.45) is -3.29. The van der Waals surface area contributed by atoms with Crippen LogP contribution in [-0.4, -0.2) is 41.6 Å². The number of sulfonamides is 1. The van der Waals surface area contributed by atoms with Crippen molar-refractivity contribution in [1.82, 2.24) is 18.8 Å². The molecular formula is C22H25F3N4O3S. The molecule has 1 N–H and O–H groups in total.